The number of hydrogen-bond acceptors (Lipinski definition) is 3. The van der Waals surface area contributed by atoms with Crippen LogP contribution in [0.5, 0.6) is 0 Å². The van der Waals surface area contributed by atoms with Crippen LogP contribution in [-0.4, -0.2) is 42.4 Å². The number of urea groups is 1. The van der Waals surface area contributed by atoms with Crippen LogP contribution in [0.3, 0.4) is 0 Å². The monoisotopic (exact) mass is 287 g/mol. The molecule has 0 aromatic heterocycles. The van der Waals surface area contributed by atoms with Gasteiger partial charge in [0.2, 0.25) is 11.8 Å². The maximum absolute atomic E-state index is 11.6. The van der Waals surface area contributed by atoms with Crippen LogP contribution >= 0.6 is 0 Å². The van der Waals surface area contributed by atoms with Gasteiger partial charge in [-0.1, -0.05) is 30.3 Å². The molecular formula is C15H17N3O3. The first kappa shape index (κ1) is 14.8. The van der Waals surface area contributed by atoms with E-state index in [1.54, 1.807) is 6.08 Å². The van der Waals surface area contributed by atoms with Crippen molar-refractivity contribution in [1.29, 1.82) is 0 Å². The van der Waals surface area contributed by atoms with Crippen molar-refractivity contribution < 1.29 is 14.4 Å². The third-order valence-corrected chi connectivity index (χ3v) is 3.02. The molecule has 0 radical (unpaired) electrons. The van der Waals surface area contributed by atoms with Gasteiger partial charge in [0.1, 0.15) is 0 Å². The van der Waals surface area contributed by atoms with Gasteiger partial charge in [0, 0.05) is 19.2 Å². The molecule has 1 aliphatic rings. The molecule has 0 spiro atoms. The van der Waals surface area contributed by atoms with Gasteiger partial charge in [0.25, 0.3) is 0 Å². The highest BCUT2D eigenvalue weighted by Crippen LogP contribution is 2.01. The molecule has 110 valence electrons. The summed E-state index contributed by atoms with van der Waals surface area (Å²) in [5.74, 6) is -0.425. The average Bonchev–Trinajstić information content (AvgIpc) is 2.82. The van der Waals surface area contributed by atoms with Crippen LogP contribution in [-0.2, 0) is 9.59 Å². The molecule has 2 rings (SSSR count). The molecule has 0 atom stereocenters. The lowest BCUT2D eigenvalue weighted by atomic mass is 10.2. The first-order chi connectivity index (χ1) is 10.2. The molecule has 6 heteroatoms. The molecule has 6 nitrogen and oxygen atoms in total. The molecule has 2 N–H and O–H groups in total. The molecule has 0 unspecified atom stereocenters. The zero-order chi connectivity index (χ0) is 15.1. The van der Waals surface area contributed by atoms with Crippen LogP contribution in [0.4, 0.5) is 4.79 Å². The molecule has 21 heavy (non-hydrogen) atoms. The van der Waals surface area contributed by atoms with Crippen molar-refractivity contribution in [1.82, 2.24) is 15.5 Å². The Balaban J connectivity index is 1.67. The second kappa shape index (κ2) is 7.23. The van der Waals surface area contributed by atoms with Crippen LogP contribution in [0.2, 0.25) is 0 Å². The highest BCUT2D eigenvalue weighted by atomic mass is 16.2. The number of imide groups is 1. The average molecular weight is 287 g/mol. The molecule has 1 aromatic carbocycles. The Labute approximate surface area is 122 Å². The van der Waals surface area contributed by atoms with E-state index >= 15 is 0 Å². The number of rotatable bonds is 6. The number of nitrogens with zero attached hydrogens (tertiary/aromatic N) is 1. The molecule has 0 aliphatic carbocycles. The van der Waals surface area contributed by atoms with Crippen LogP contribution in [0.15, 0.2) is 36.4 Å². The van der Waals surface area contributed by atoms with E-state index in [0.29, 0.717) is 19.5 Å². The summed E-state index contributed by atoms with van der Waals surface area (Å²) in [5.41, 5.74) is 0.951. The summed E-state index contributed by atoms with van der Waals surface area (Å²) in [6.07, 6.45) is 3.72. The smallest absolute Gasteiger partial charge is 0.324 e. The summed E-state index contributed by atoms with van der Waals surface area (Å²) in [4.78, 5) is 35.3. The Hall–Kier alpha value is -2.63. The van der Waals surface area contributed by atoms with E-state index in [2.05, 4.69) is 10.6 Å². The summed E-state index contributed by atoms with van der Waals surface area (Å²) < 4.78 is 0. The van der Waals surface area contributed by atoms with Crippen molar-refractivity contribution in [2.45, 2.75) is 6.42 Å². The van der Waals surface area contributed by atoms with E-state index in [9.17, 15) is 14.4 Å². The second-order valence-corrected chi connectivity index (χ2v) is 4.59. The van der Waals surface area contributed by atoms with Crippen molar-refractivity contribution in [3.05, 3.63) is 42.0 Å². The predicted octanol–water partition coefficient (Wildman–Crippen LogP) is 0.758. The zero-order valence-corrected chi connectivity index (χ0v) is 11.5. The van der Waals surface area contributed by atoms with Gasteiger partial charge in [-0.25, -0.2) is 4.79 Å². The van der Waals surface area contributed by atoms with E-state index in [1.165, 1.54) is 6.08 Å². The van der Waals surface area contributed by atoms with Gasteiger partial charge < -0.3 is 10.6 Å². The molecule has 0 bridgehead atoms. The summed E-state index contributed by atoms with van der Waals surface area (Å²) >= 11 is 0. The van der Waals surface area contributed by atoms with Gasteiger partial charge in [-0.15, -0.1) is 0 Å². The maximum atomic E-state index is 11.6. The van der Waals surface area contributed by atoms with Gasteiger partial charge in [-0.05, 0) is 18.1 Å². The van der Waals surface area contributed by atoms with Crippen LogP contribution in [0, 0.1) is 0 Å². The van der Waals surface area contributed by atoms with E-state index < -0.39 is 0 Å². The first-order valence-corrected chi connectivity index (χ1v) is 6.76. The fourth-order valence-electron chi connectivity index (χ4n) is 1.93. The Kier molecular flexibility index (Phi) is 5.09. The Bertz CT molecular complexity index is 539. The summed E-state index contributed by atoms with van der Waals surface area (Å²) in [5, 5.41) is 5.16. The normalized spacial score (nSPS) is 14.6. The third-order valence-electron chi connectivity index (χ3n) is 3.02. The summed E-state index contributed by atoms with van der Waals surface area (Å²) in [6.45, 7) is 0.785. The molecule has 0 saturated carbocycles. The molecule has 1 heterocycles. The van der Waals surface area contributed by atoms with Crippen molar-refractivity contribution in [2.24, 2.45) is 0 Å². The standard InChI is InChI=1S/C15H17N3O3/c19-13(8-7-12-5-2-1-3-6-12)16-9-4-10-18-14(20)11-17-15(18)21/h1-3,5-8H,4,9-11H2,(H,16,19)(H,17,21). The van der Waals surface area contributed by atoms with Gasteiger partial charge in [0.15, 0.2) is 0 Å². The molecule has 1 saturated heterocycles. The lowest BCUT2D eigenvalue weighted by Gasteiger charge is -2.11. The molecule has 1 fully saturated rings. The molecular weight excluding hydrogens is 270 g/mol. The summed E-state index contributed by atoms with van der Waals surface area (Å²) in [7, 11) is 0. The van der Waals surface area contributed by atoms with Crippen LogP contribution in [0.1, 0.15) is 12.0 Å². The topological polar surface area (TPSA) is 78.5 Å². The number of amides is 4. The quantitative estimate of drug-likeness (QED) is 0.460. The molecule has 1 aromatic rings. The Morgan fingerprint density at radius 1 is 1.29 bits per heavy atom. The second-order valence-electron chi connectivity index (χ2n) is 4.59. The largest absolute Gasteiger partial charge is 0.352 e. The zero-order valence-electron chi connectivity index (χ0n) is 11.5. The number of benzene rings is 1. The van der Waals surface area contributed by atoms with Gasteiger partial charge >= 0.3 is 6.03 Å². The summed E-state index contributed by atoms with van der Waals surface area (Å²) in [6, 6.07) is 9.15. The lowest BCUT2D eigenvalue weighted by Crippen LogP contribution is -2.34. The lowest BCUT2D eigenvalue weighted by molar-refractivity contribution is -0.125. The number of carbonyl (C=O) groups excluding carboxylic acids is 3. The number of carbonyl (C=O) groups is 3. The third kappa shape index (κ3) is 4.45. The number of nitrogens with one attached hydrogen (secondary N) is 2. The number of hydrogen-bond donors (Lipinski definition) is 2. The van der Waals surface area contributed by atoms with E-state index in [0.717, 1.165) is 10.5 Å². The first-order valence-electron chi connectivity index (χ1n) is 6.76. The fraction of sp³-hybridized carbons (Fsp3) is 0.267. The van der Waals surface area contributed by atoms with E-state index in [1.807, 2.05) is 30.3 Å². The van der Waals surface area contributed by atoms with E-state index in [4.69, 9.17) is 0 Å². The Morgan fingerprint density at radius 3 is 2.71 bits per heavy atom. The van der Waals surface area contributed by atoms with Gasteiger partial charge in [-0.3, -0.25) is 14.5 Å². The minimum Gasteiger partial charge on any atom is -0.352 e. The highest BCUT2D eigenvalue weighted by molar-refractivity contribution is 6.01. The Morgan fingerprint density at radius 2 is 2.05 bits per heavy atom. The minimum absolute atomic E-state index is 0.0605. The molecule has 4 amide bonds. The van der Waals surface area contributed by atoms with Gasteiger partial charge in [-0.2, -0.15) is 0 Å². The minimum atomic E-state index is -0.365. The fourth-order valence-corrected chi connectivity index (χ4v) is 1.93. The van der Waals surface area contributed by atoms with Crippen LogP contribution < -0.4 is 10.6 Å². The predicted molar refractivity (Wildman–Crippen MR) is 78.2 cm³/mol. The van der Waals surface area contributed by atoms with Crippen LogP contribution in [0.25, 0.3) is 6.08 Å². The van der Waals surface area contributed by atoms with E-state index in [-0.39, 0.29) is 24.4 Å². The van der Waals surface area contributed by atoms with Crippen molar-refractivity contribution in [3.8, 4) is 0 Å². The van der Waals surface area contributed by atoms with Crippen molar-refractivity contribution in [2.75, 3.05) is 19.6 Å². The van der Waals surface area contributed by atoms with Gasteiger partial charge in [0.05, 0.1) is 6.54 Å². The maximum Gasteiger partial charge on any atom is 0.324 e. The van der Waals surface area contributed by atoms with Crippen molar-refractivity contribution >= 4 is 23.9 Å². The SMILES string of the molecule is O=C(C=Cc1ccccc1)NCCCN1C(=O)CNC1=O. The molecule has 1 aliphatic heterocycles. The van der Waals surface area contributed by atoms with Crippen molar-refractivity contribution in [3.63, 3.8) is 0 Å². The highest BCUT2D eigenvalue weighted by Gasteiger charge is 2.27.